The lowest BCUT2D eigenvalue weighted by molar-refractivity contribution is -0.153. The van der Waals surface area contributed by atoms with E-state index in [0.29, 0.717) is 24.9 Å². The van der Waals surface area contributed by atoms with Crippen LogP contribution in [0.5, 0.6) is 5.75 Å². The number of nitrogens with zero attached hydrogens (tertiary/aromatic N) is 2. The third kappa shape index (κ3) is 4.90. The van der Waals surface area contributed by atoms with Gasteiger partial charge in [-0.1, -0.05) is 30.3 Å². The number of hydrogen-bond donors (Lipinski definition) is 5. The summed E-state index contributed by atoms with van der Waals surface area (Å²) in [6.07, 6.45) is 1.21. The average Bonchev–Trinajstić information content (AvgIpc) is 2.93. The van der Waals surface area contributed by atoms with Crippen molar-refractivity contribution in [3.05, 3.63) is 70.0 Å². The average molecular weight is 604 g/mol. The summed E-state index contributed by atoms with van der Waals surface area (Å²) in [6, 6.07) is 9.63. The van der Waals surface area contributed by atoms with Crippen LogP contribution in [0, 0.1) is 11.8 Å². The van der Waals surface area contributed by atoms with Crippen molar-refractivity contribution in [2.24, 2.45) is 17.6 Å². The van der Waals surface area contributed by atoms with Crippen LogP contribution in [-0.2, 0) is 32.0 Å². The number of aliphatic hydroxyl groups is 3. The molecule has 0 bridgehead atoms. The van der Waals surface area contributed by atoms with Crippen molar-refractivity contribution < 1.29 is 39.6 Å². The Balaban J connectivity index is 1.56. The van der Waals surface area contributed by atoms with Crippen molar-refractivity contribution >= 4 is 29.0 Å². The van der Waals surface area contributed by atoms with Crippen LogP contribution in [0.15, 0.2) is 53.3 Å². The van der Waals surface area contributed by atoms with E-state index in [2.05, 4.69) is 0 Å². The SMILES string of the molecule is CN(C)CC(=O)CCc1ccc(-c2ccc(O)c3c2C[C@H]2C[C@H]4[C@@H](N(C)C)C(=O)C(C(N)=O)=C(O)[C@@]4(O)C(=O)C2=C3O)cc1. The number of aryl methyl sites for hydroxylation is 1. The number of rotatable bonds is 8. The highest BCUT2D eigenvalue weighted by Crippen LogP contribution is 2.53. The van der Waals surface area contributed by atoms with Gasteiger partial charge in [-0.25, -0.2) is 0 Å². The van der Waals surface area contributed by atoms with Crippen LogP contribution >= 0.6 is 0 Å². The zero-order chi connectivity index (χ0) is 32.2. The lowest BCUT2D eigenvalue weighted by Gasteiger charge is -2.50. The summed E-state index contributed by atoms with van der Waals surface area (Å²) in [7, 11) is 6.82. The lowest BCUT2D eigenvalue weighted by atomic mass is 9.57. The standard InChI is InChI=1S/C33H37N3O8/c1-35(2)15-19(37)10-7-16-5-8-17(9-6-16)20-11-12-23(38)25-21(20)13-18-14-22-27(36(3)4)29(40)26(32(34)43)31(42)33(22,44)30(41)24(18)28(25)39/h5-6,8-9,11-12,18,22,27,38-39,42,44H,7,10,13-15H2,1-4H3,(H2,34,43)/t18-,22-,27+,33-/m0/s1. The molecule has 232 valence electrons. The van der Waals surface area contributed by atoms with Gasteiger partial charge in [0.1, 0.15) is 28.6 Å². The van der Waals surface area contributed by atoms with Gasteiger partial charge in [0.05, 0.1) is 18.2 Å². The van der Waals surface area contributed by atoms with Crippen LogP contribution in [-0.4, -0.2) is 99.9 Å². The van der Waals surface area contributed by atoms with Crippen LogP contribution in [0.2, 0.25) is 0 Å². The third-order valence-electron chi connectivity index (χ3n) is 9.05. The number of amides is 1. The number of Topliss-reactive ketones (excluding diaryl/α,β-unsaturated/α-hetero) is 3. The maximum atomic E-state index is 14.0. The highest BCUT2D eigenvalue weighted by molar-refractivity contribution is 6.24. The molecule has 11 nitrogen and oxygen atoms in total. The van der Waals surface area contributed by atoms with Crippen molar-refractivity contribution in [2.75, 3.05) is 34.7 Å². The monoisotopic (exact) mass is 603 g/mol. The first-order chi connectivity index (χ1) is 20.7. The molecule has 1 amide bonds. The lowest BCUT2D eigenvalue weighted by Crippen LogP contribution is -2.65. The molecule has 6 N–H and O–H groups in total. The summed E-state index contributed by atoms with van der Waals surface area (Å²) >= 11 is 0. The van der Waals surface area contributed by atoms with Gasteiger partial charge in [-0.15, -0.1) is 0 Å². The summed E-state index contributed by atoms with van der Waals surface area (Å²) in [5, 5.41) is 45.1. The van der Waals surface area contributed by atoms with E-state index < -0.39 is 58.0 Å². The first-order valence-electron chi connectivity index (χ1n) is 14.4. The second kappa shape index (κ2) is 11.3. The molecule has 2 aromatic carbocycles. The van der Waals surface area contributed by atoms with E-state index in [1.807, 2.05) is 43.3 Å². The van der Waals surface area contributed by atoms with E-state index in [9.17, 15) is 39.6 Å². The summed E-state index contributed by atoms with van der Waals surface area (Å²) in [4.78, 5) is 54.9. The van der Waals surface area contributed by atoms with Crippen molar-refractivity contribution in [2.45, 2.75) is 37.3 Å². The predicted molar refractivity (Wildman–Crippen MR) is 162 cm³/mol. The zero-order valence-corrected chi connectivity index (χ0v) is 25.1. The topological polar surface area (TPSA) is 182 Å². The Kier molecular flexibility index (Phi) is 8.00. The number of carbonyl (C=O) groups excluding carboxylic acids is 4. The zero-order valence-electron chi connectivity index (χ0n) is 25.1. The van der Waals surface area contributed by atoms with E-state index in [-0.39, 0.29) is 35.5 Å². The van der Waals surface area contributed by atoms with Gasteiger partial charge in [-0.2, -0.15) is 0 Å². The number of hydrogen-bond acceptors (Lipinski definition) is 10. The number of ketones is 3. The minimum Gasteiger partial charge on any atom is -0.508 e. The van der Waals surface area contributed by atoms with Crippen molar-refractivity contribution in [1.82, 2.24) is 9.80 Å². The fourth-order valence-corrected chi connectivity index (χ4v) is 7.08. The van der Waals surface area contributed by atoms with Gasteiger partial charge >= 0.3 is 0 Å². The minimum absolute atomic E-state index is 0.0147. The fourth-order valence-electron chi connectivity index (χ4n) is 7.08. The second-order valence-corrected chi connectivity index (χ2v) is 12.4. The van der Waals surface area contributed by atoms with Crippen LogP contribution in [0.3, 0.4) is 0 Å². The summed E-state index contributed by atoms with van der Waals surface area (Å²) in [5.41, 5.74) is 4.78. The predicted octanol–water partition coefficient (Wildman–Crippen LogP) is 1.69. The van der Waals surface area contributed by atoms with Gasteiger partial charge in [0.25, 0.3) is 5.91 Å². The van der Waals surface area contributed by atoms with Crippen molar-refractivity contribution in [3.63, 3.8) is 0 Å². The molecule has 44 heavy (non-hydrogen) atoms. The quantitative estimate of drug-likeness (QED) is 0.279. The smallest absolute Gasteiger partial charge is 0.255 e. The molecule has 1 saturated carbocycles. The minimum atomic E-state index is -2.68. The number of phenolic OH excluding ortho intramolecular Hbond substituents is 1. The fraction of sp³-hybridized carbons (Fsp3) is 0.394. The number of carbonyl (C=O) groups is 4. The molecule has 0 heterocycles. The van der Waals surface area contributed by atoms with Gasteiger partial charge in [0.2, 0.25) is 5.78 Å². The number of nitrogens with two attached hydrogens (primary N) is 1. The van der Waals surface area contributed by atoms with Gasteiger partial charge in [0, 0.05) is 17.9 Å². The van der Waals surface area contributed by atoms with E-state index in [1.54, 1.807) is 20.2 Å². The van der Waals surface area contributed by atoms with E-state index in [0.717, 1.165) is 16.7 Å². The Morgan fingerprint density at radius 2 is 1.66 bits per heavy atom. The molecule has 0 aliphatic heterocycles. The van der Waals surface area contributed by atoms with Crippen molar-refractivity contribution in [1.29, 1.82) is 0 Å². The van der Waals surface area contributed by atoms with Crippen molar-refractivity contribution in [3.8, 4) is 16.9 Å². The maximum absolute atomic E-state index is 14.0. The maximum Gasteiger partial charge on any atom is 0.255 e. The number of benzene rings is 2. The molecular formula is C33H37N3O8. The molecule has 0 spiro atoms. The number of likely N-dealkylation sites (N-methyl/N-ethyl adjacent to an activating group) is 2. The number of phenols is 1. The molecule has 3 aliphatic carbocycles. The molecule has 4 atom stereocenters. The summed E-state index contributed by atoms with van der Waals surface area (Å²) in [6.45, 7) is 0.379. The highest BCUT2D eigenvalue weighted by atomic mass is 16.3. The highest BCUT2D eigenvalue weighted by Gasteiger charge is 2.64. The first kappa shape index (κ1) is 31.1. The molecule has 3 aliphatic rings. The molecule has 0 aromatic heterocycles. The van der Waals surface area contributed by atoms with E-state index in [1.165, 1.54) is 11.0 Å². The molecule has 0 radical (unpaired) electrons. The van der Waals surface area contributed by atoms with Gasteiger partial charge in [-0.3, -0.25) is 24.1 Å². The Hall–Kier alpha value is -4.32. The molecular weight excluding hydrogens is 566 g/mol. The molecule has 1 fully saturated rings. The summed E-state index contributed by atoms with van der Waals surface area (Å²) < 4.78 is 0. The number of aromatic hydroxyl groups is 1. The van der Waals surface area contributed by atoms with Crippen LogP contribution < -0.4 is 5.73 Å². The Morgan fingerprint density at radius 1 is 1.00 bits per heavy atom. The molecule has 11 heteroatoms. The number of fused-ring (bicyclic) bond motifs is 3. The molecule has 0 saturated heterocycles. The molecule has 0 unspecified atom stereocenters. The molecule has 2 aromatic rings. The Labute approximate surface area is 254 Å². The summed E-state index contributed by atoms with van der Waals surface area (Å²) in [5.74, 6) is -6.70. The second-order valence-electron chi connectivity index (χ2n) is 12.4. The van der Waals surface area contributed by atoms with Crippen LogP contribution in [0.25, 0.3) is 16.9 Å². The largest absolute Gasteiger partial charge is 0.508 e. The van der Waals surface area contributed by atoms with Gasteiger partial charge < -0.3 is 31.1 Å². The first-order valence-corrected chi connectivity index (χ1v) is 14.4. The van der Waals surface area contributed by atoms with E-state index in [4.69, 9.17) is 5.73 Å². The molecule has 5 rings (SSSR count). The van der Waals surface area contributed by atoms with E-state index >= 15 is 0 Å². The number of primary amides is 1. The van der Waals surface area contributed by atoms with Gasteiger partial charge in [-0.05, 0) is 81.7 Å². The van der Waals surface area contributed by atoms with Crippen LogP contribution in [0.1, 0.15) is 29.5 Å². The third-order valence-corrected chi connectivity index (χ3v) is 9.05. The van der Waals surface area contributed by atoms with Gasteiger partial charge in [0.15, 0.2) is 11.4 Å². The van der Waals surface area contributed by atoms with Crippen LogP contribution in [0.4, 0.5) is 0 Å². The number of aliphatic hydroxyl groups excluding tert-OH is 2. The Morgan fingerprint density at radius 3 is 2.25 bits per heavy atom. The Bertz CT molecular complexity index is 1640. The normalized spacial score (nSPS) is 24.8.